The van der Waals surface area contributed by atoms with Crippen molar-refractivity contribution in [3.05, 3.63) is 54.6 Å². The number of fused-ring (bicyclic) bond motifs is 2. The van der Waals surface area contributed by atoms with Crippen LogP contribution in [-0.4, -0.2) is 4.98 Å². The molecule has 0 saturated heterocycles. The van der Waals surface area contributed by atoms with Gasteiger partial charge in [0.1, 0.15) is 0 Å². The van der Waals surface area contributed by atoms with Crippen molar-refractivity contribution in [3.8, 4) is 0 Å². The largest absolute Gasteiger partial charge is 0.314 e. The third-order valence-electron chi connectivity index (χ3n) is 2.43. The molecule has 0 aliphatic heterocycles. The van der Waals surface area contributed by atoms with Gasteiger partial charge in [-0.05, 0) is 18.2 Å². The molecule has 0 aliphatic rings. The summed E-state index contributed by atoms with van der Waals surface area (Å²) in [5, 5.41) is 2.40. The first-order valence-corrected chi connectivity index (χ1v) is 5.68. The summed E-state index contributed by atoms with van der Waals surface area (Å²) in [5.41, 5.74) is 6.54. The first-order valence-electron chi connectivity index (χ1n) is 5.01. The first kappa shape index (κ1) is 11.0. The zero-order valence-electron chi connectivity index (χ0n) is 8.80. The maximum atomic E-state index is 4.58. The van der Waals surface area contributed by atoms with E-state index in [0.717, 1.165) is 11.0 Å². The molecule has 1 atom stereocenters. The van der Waals surface area contributed by atoms with Crippen LogP contribution in [0.3, 0.4) is 0 Å². The smallest absolute Gasteiger partial charge is 0.0709 e. The minimum absolute atomic E-state index is 1.06. The van der Waals surface area contributed by atoms with E-state index in [-0.39, 0.29) is 0 Å². The molecule has 80 valence electrons. The fourth-order valence-electron chi connectivity index (χ4n) is 1.72. The zero-order valence-corrected chi connectivity index (χ0v) is 9.95. The van der Waals surface area contributed by atoms with Crippen LogP contribution in [0, 0.1) is 0 Å². The lowest BCUT2D eigenvalue weighted by Crippen LogP contribution is -1.80. The van der Waals surface area contributed by atoms with Crippen molar-refractivity contribution in [2.45, 2.75) is 0 Å². The van der Waals surface area contributed by atoms with E-state index in [1.54, 1.807) is 0 Å². The van der Waals surface area contributed by atoms with Crippen LogP contribution in [0.2, 0.25) is 0 Å². The number of rotatable bonds is 0. The highest BCUT2D eigenvalue weighted by atomic mass is 31.0. The summed E-state index contributed by atoms with van der Waals surface area (Å²) in [6.07, 6.45) is 0. The summed E-state index contributed by atoms with van der Waals surface area (Å²) in [5.74, 6) is 0. The number of pyridine rings is 1. The van der Waals surface area contributed by atoms with Crippen molar-refractivity contribution >= 4 is 31.2 Å². The minimum atomic E-state index is 1.06. The molecule has 0 saturated carbocycles. The Balaban J connectivity index is 0.000000457. The number of nitrogens with two attached hydrogens (primary N) is 1. The summed E-state index contributed by atoms with van der Waals surface area (Å²) in [4.78, 5) is 4.58. The van der Waals surface area contributed by atoms with Crippen molar-refractivity contribution < 1.29 is 0 Å². The van der Waals surface area contributed by atoms with Crippen LogP contribution < -0.4 is 5.50 Å². The second-order valence-corrected chi connectivity index (χ2v) is 3.37. The Kier molecular flexibility index (Phi) is 3.45. The summed E-state index contributed by atoms with van der Waals surface area (Å²) in [7, 11) is 1.92. The number of aromatic nitrogens is 1. The molecule has 2 N–H and O–H groups in total. The Morgan fingerprint density at radius 3 is 1.69 bits per heavy atom. The average molecular weight is 228 g/mol. The molecular weight excluding hydrogens is 215 g/mol. The lowest BCUT2D eigenvalue weighted by atomic mass is 10.1. The topological polar surface area (TPSA) is 38.9 Å². The van der Waals surface area contributed by atoms with Crippen molar-refractivity contribution in [2.75, 3.05) is 0 Å². The predicted octanol–water partition coefficient (Wildman–Crippen LogP) is 3.12. The quantitative estimate of drug-likeness (QED) is 0.474. The van der Waals surface area contributed by atoms with Gasteiger partial charge in [-0.2, -0.15) is 0 Å². The van der Waals surface area contributed by atoms with Crippen LogP contribution >= 0.6 is 9.39 Å². The fourth-order valence-corrected chi connectivity index (χ4v) is 1.72. The third kappa shape index (κ3) is 2.04. The van der Waals surface area contributed by atoms with E-state index in [9.17, 15) is 0 Å². The van der Waals surface area contributed by atoms with Gasteiger partial charge in [0.25, 0.3) is 0 Å². The zero-order chi connectivity index (χ0) is 11.4. The number of benzene rings is 2. The highest BCUT2D eigenvalue weighted by Crippen LogP contribution is 2.18. The molecular formula is C13H13N2P. The summed E-state index contributed by atoms with van der Waals surface area (Å²) in [6.45, 7) is 0. The Labute approximate surface area is 96.7 Å². The van der Waals surface area contributed by atoms with E-state index in [4.69, 9.17) is 0 Å². The molecule has 0 radical (unpaired) electrons. The lowest BCUT2D eigenvalue weighted by molar-refractivity contribution is 1.50. The number of nitrogens with zero attached hydrogens (tertiary/aromatic N) is 1. The molecule has 2 nitrogen and oxygen atoms in total. The molecule has 3 aromatic rings. The van der Waals surface area contributed by atoms with Gasteiger partial charge < -0.3 is 5.50 Å². The summed E-state index contributed by atoms with van der Waals surface area (Å²) in [6, 6.07) is 18.6. The lowest BCUT2D eigenvalue weighted by Gasteiger charge is -1.99. The Morgan fingerprint density at radius 2 is 1.19 bits per heavy atom. The van der Waals surface area contributed by atoms with Crippen LogP contribution in [0.15, 0.2) is 54.6 Å². The molecule has 16 heavy (non-hydrogen) atoms. The van der Waals surface area contributed by atoms with Crippen LogP contribution in [0.1, 0.15) is 0 Å². The minimum Gasteiger partial charge on any atom is -0.314 e. The SMILES string of the molecule is NP.c1ccc2nc3ccccc3cc2c1. The van der Waals surface area contributed by atoms with E-state index in [1.165, 1.54) is 10.8 Å². The number of para-hydroxylation sites is 2. The Hall–Kier alpha value is -1.50. The van der Waals surface area contributed by atoms with Crippen molar-refractivity contribution in [3.63, 3.8) is 0 Å². The van der Waals surface area contributed by atoms with E-state index in [1.807, 2.05) is 45.8 Å². The normalized spacial score (nSPS) is 9.88. The van der Waals surface area contributed by atoms with Gasteiger partial charge in [0.15, 0.2) is 0 Å². The van der Waals surface area contributed by atoms with E-state index < -0.39 is 0 Å². The monoisotopic (exact) mass is 228 g/mol. The fraction of sp³-hybridized carbons (Fsp3) is 0. The second-order valence-electron chi connectivity index (χ2n) is 3.37. The summed E-state index contributed by atoms with van der Waals surface area (Å²) < 4.78 is 0. The molecule has 0 fully saturated rings. The van der Waals surface area contributed by atoms with Gasteiger partial charge in [-0.15, -0.1) is 0 Å². The Morgan fingerprint density at radius 1 is 0.750 bits per heavy atom. The van der Waals surface area contributed by atoms with Crippen LogP contribution in [0.4, 0.5) is 0 Å². The first-order chi connectivity index (χ1) is 7.93. The van der Waals surface area contributed by atoms with Gasteiger partial charge in [0.05, 0.1) is 11.0 Å². The van der Waals surface area contributed by atoms with Crippen LogP contribution in [0.5, 0.6) is 0 Å². The average Bonchev–Trinajstić information content (AvgIpc) is 2.38. The van der Waals surface area contributed by atoms with Gasteiger partial charge in [0.2, 0.25) is 0 Å². The molecule has 0 spiro atoms. The van der Waals surface area contributed by atoms with Crippen molar-refractivity contribution in [1.29, 1.82) is 0 Å². The molecule has 0 aliphatic carbocycles. The third-order valence-corrected chi connectivity index (χ3v) is 2.43. The van der Waals surface area contributed by atoms with E-state index in [0.29, 0.717) is 0 Å². The maximum Gasteiger partial charge on any atom is 0.0709 e. The molecule has 3 heteroatoms. The highest BCUT2D eigenvalue weighted by molar-refractivity contribution is 7.13. The maximum absolute atomic E-state index is 4.58. The standard InChI is InChI=1S/C13H9N.H4NP/c1-3-7-12-10(5-1)9-11-6-2-4-8-13(11)14-12;1-2/h1-9H;1-2H2. The van der Waals surface area contributed by atoms with Crippen molar-refractivity contribution in [2.24, 2.45) is 5.50 Å². The van der Waals surface area contributed by atoms with Gasteiger partial charge in [-0.1, -0.05) is 45.8 Å². The van der Waals surface area contributed by atoms with Gasteiger partial charge in [-0.3, -0.25) is 0 Å². The van der Waals surface area contributed by atoms with Crippen LogP contribution in [0.25, 0.3) is 21.8 Å². The number of hydrogen-bond acceptors (Lipinski definition) is 2. The molecule has 0 amide bonds. The molecule has 1 aromatic heterocycles. The van der Waals surface area contributed by atoms with Gasteiger partial charge in [-0.25, -0.2) is 4.98 Å². The Bertz CT molecular complexity index is 503. The highest BCUT2D eigenvalue weighted by Gasteiger charge is 1.96. The second kappa shape index (κ2) is 5.02. The van der Waals surface area contributed by atoms with Gasteiger partial charge >= 0.3 is 0 Å². The molecule has 0 bridgehead atoms. The van der Waals surface area contributed by atoms with Gasteiger partial charge in [0, 0.05) is 10.8 Å². The van der Waals surface area contributed by atoms with E-state index in [2.05, 4.69) is 28.7 Å². The van der Waals surface area contributed by atoms with E-state index >= 15 is 0 Å². The summed E-state index contributed by atoms with van der Waals surface area (Å²) >= 11 is 0. The molecule has 2 aromatic carbocycles. The number of hydrogen-bond donors (Lipinski definition) is 1. The predicted molar refractivity (Wildman–Crippen MR) is 73.1 cm³/mol. The molecule has 1 heterocycles. The van der Waals surface area contributed by atoms with Crippen molar-refractivity contribution in [1.82, 2.24) is 4.98 Å². The molecule has 3 rings (SSSR count). The van der Waals surface area contributed by atoms with Crippen LogP contribution in [-0.2, 0) is 0 Å². The molecule has 1 unspecified atom stereocenters.